The first-order chi connectivity index (χ1) is 27.3. The lowest BCUT2D eigenvalue weighted by Crippen LogP contribution is -2.45. The fourth-order valence-corrected chi connectivity index (χ4v) is 13.3. The fourth-order valence-electron chi connectivity index (χ4n) is 8.38. The standard InChI is InChI=1S/C52H60N2Si4/c1-55(2,3)43-31-41(32-44(35-43)56(4,5)6)53(39-19-15-13-16-20-39)49-29-25-37-24-28-48-50(30-26-38-23-27-47(49)51(37)52(38)48)54(40-21-17-14-18-22-40)42-33-45(57(7,8)9)36-46(34-42)58(10,11)12/h13-36H,1-12H3. The van der Waals surface area contributed by atoms with E-state index in [-0.39, 0.29) is 0 Å². The zero-order valence-corrected chi connectivity index (χ0v) is 40.8. The van der Waals surface area contributed by atoms with Crippen molar-refractivity contribution >= 4 is 119 Å². The Morgan fingerprint density at radius 3 is 0.879 bits per heavy atom. The summed E-state index contributed by atoms with van der Waals surface area (Å²) in [5.41, 5.74) is 7.32. The van der Waals surface area contributed by atoms with Gasteiger partial charge in [0.2, 0.25) is 0 Å². The van der Waals surface area contributed by atoms with Crippen molar-refractivity contribution in [1.29, 1.82) is 0 Å². The van der Waals surface area contributed by atoms with Crippen LogP contribution in [0.4, 0.5) is 34.1 Å². The van der Waals surface area contributed by atoms with Gasteiger partial charge in [-0.15, -0.1) is 0 Å². The van der Waals surface area contributed by atoms with Crippen LogP contribution in [0.25, 0.3) is 32.3 Å². The van der Waals surface area contributed by atoms with E-state index < -0.39 is 32.3 Å². The van der Waals surface area contributed by atoms with Gasteiger partial charge in [-0.25, -0.2) is 0 Å². The largest absolute Gasteiger partial charge is 0.310 e. The maximum atomic E-state index is 2.54. The normalized spacial score (nSPS) is 12.8. The summed E-state index contributed by atoms with van der Waals surface area (Å²) in [6.45, 7) is 29.7. The summed E-state index contributed by atoms with van der Waals surface area (Å²) in [6, 6.07) is 56.0. The average molecular weight is 825 g/mol. The molecule has 0 atom stereocenters. The molecule has 0 bridgehead atoms. The van der Waals surface area contributed by atoms with Gasteiger partial charge in [-0.1, -0.05) is 184 Å². The SMILES string of the molecule is C[Si](C)(C)c1cc(N(c2ccccc2)c2ccc3ccc4c(N(c5ccccc5)c5cc([Si](C)(C)C)cc([Si](C)(C)C)c5)ccc5ccc2c3c54)cc([Si](C)(C)C)c1. The molecular formula is C52H60N2Si4. The molecule has 0 aliphatic heterocycles. The Kier molecular flexibility index (Phi) is 10.0. The van der Waals surface area contributed by atoms with E-state index in [1.807, 2.05) is 0 Å². The van der Waals surface area contributed by atoms with Gasteiger partial charge in [-0.2, -0.15) is 0 Å². The van der Waals surface area contributed by atoms with E-state index in [0.29, 0.717) is 0 Å². The maximum Gasteiger partial charge on any atom is 0.0776 e. The number of hydrogen-bond acceptors (Lipinski definition) is 2. The molecule has 0 N–H and O–H groups in total. The first-order valence-electron chi connectivity index (χ1n) is 21.0. The fraction of sp³-hybridized carbons (Fsp3) is 0.231. The van der Waals surface area contributed by atoms with Crippen molar-refractivity contribution in [2.75, 3.05) is 9.80 Å². The molecule has 8 aromatic rings. The molecule has 0 aliphatic carbocycles. The first kappa shape index (κ1) is 40.1. The molecule has 8 aromatic carbocycles. The molecule has 0 amide bonds. The molecule has 58 heavy (non-hydrogen) atoms. The molecule has 0 unspecified atom stereocenters. The van der Waals surface area contributed by atoms with Gasteiger partial charge in [0.1, 0.15) is 0 Å². The predicted molar refractivity (Wildman–Crippen MR) is 271 cm³/mol. The number of rotatable bonds is 10. The highest BCUT2D eigenvalue weighted by Crippen LogP contribution is 2.47. The second-order valence-electron chi connectivity index (χ2n) is 20.5. The van der Waals surface area contributed by atoms with E-state index in [4.69, 9.17) is 0 Å². The Bertz CT molecular complexity index is 2510. The van der Waals surface area contributed by atoms with Crippen LogP contribution in [-0.4, -0.2) is 32.3 Å². The number of benzene rings is 8. The Balaban J connectivity index is 1.42. The molecule has 0 aromatic heterocycles. The summed E-state index contributed by atoms with van der Waals surface area (Å²) >= 11 is 0. The molecule has 6 heteroatoms. The third-order valence-electron chi connectivity index (χ3n) is 11.9. The van der Waals surface area contributed by atoms with E-state index in [9.17, 15) is 0 Å². The van der Waals surface area contributed by atoms with E-state index in [0.717, 1.165) is 0 Å². The Hall–Kier alpha value is -4.73. The molecule has 0 radical (unpaired) electrons. The minimum atomic E-state index is -1.64. The number of hydrogen-bond donors (Lipinski definition) is 0. The highest BCUT2D eigenvalue weighted by molar-refractivity contribution is 6.92. The quantitative estimate of drug-likeness (QED) is 0.100. The third-order valence-corrected chi connectivity index (χ3v) is 20.0. The first-order valence-corrected chi connectivity index (χ1v) is 35.0. The zero-order valence-electron chi connectivity index (χ0n) is 36.8. The lowest BCUT2D eigenvalue weighted by molar-refractivity contribution is 1.30. The van der Waals surface area contributed by atoms with E-state index in [1.54, 1.807) is 0 Å². The maximum absolute atomic E-state index is 2.54. The van der Waals surface area contributed by atoms with Gasteiger partial charge >= 0.3 is 0 Å². The molecular weight excluding hydrogens is 765 g/mol. The lowest BCUT2D eigenvalue weighted by Gasteiger charge is -2.32. The summed E-state index contributed by atoms with van der Waals surface area (Å²) in [4.78, 5) is 5.08. The van der Waals surface area contributed by atoms with Gasteiger partial charge in [0, 0.05) is 33.5 Å². The topological polar surface area (TPSA) is 6.48 Å². The second kappa shape index (κ2) is 14.5. The van der Waals surface area contributed by atoms with Gasteiger partial charge in [0.15, 0.2) is 0 Å². The van der Waals surface area contributed by atoms with Crippen LogP contribution in [0, 0.1) is 0 Å². The molecule has 8 rings (SSSR count). The van der Waals surface area contributed by atoms with Crippen molar-refractivity contribution in [3.05, 3.63) is 146 Å². The highest BCUT2D eigenvalue weighted by atomic mass is 28.3. The van der Waals surface area contributed by atoms with Crippen LogP contribution < -0.4 is 30.5 Å². The summed E-state index contributed by atoms with van der Waals surface area (Å²) in [6.07, 6.45) is 0. The van der Waals surface area contributed by atoms with Crippen LogP contribution >= 0.6 is 0 Å². The second-order valence-corrected chi connectivity index (χ2v) is 40.8. The summed E-state index contributed by atoms with van der Waals surface area (Å²) < 4.78 is 0. The van der Waals surface area contributed by atoms with Crippen molar-refractivity contribution < 1.29 is 0 Å². The zero-order chi connectivity index (χ0) is 41.4. The summed E-state index contributed by atoms with van der Waals surface area (Å²) in [7, 11) is -6.54. The molecule has 0 saturated heterocycles. The van der Waals surface area contributed by atoms with Gasteiger partial charge < -0.3 is 9.80 Å². The third kappa shape index (κ3) is 7.52. The van der Waals surface area contributed by atoms with Gasteiger partial charge in [-0.3, -0.25) is 0 Å². The van der Waals surface area contributed by atoms with Crippen molar-refractivity contribution in [1.82, 2.24) is 0 Å². The molecule has 294 valence electrons. The predicted octanol–water partition coefficient (Wildman–Crippen LogP) is 13.7. The van der Waals surface area contributed by atoms with E-state index in [2.05, 4.69) is 234 Å². The highest BCUT2D eigenvalue weighted by Gasteiger charge is 2.28. The van der Waals surface area contributed by atoms with E-state index >= 15 is 0 Å². The van der Waals surface area contributed by atoms with Crippen molar-refractivity contribution in [3.63, 3.8) is 0 Å². The summed E-state index contributed by atoms with van der Waals surface area (Å²) in [5, 5.41) is 13.8. The minimum Gasteiger partial charge on any atom is -0.310 e. The van der Waals surface area contributed by atoms with Crippen LogP contribution in [0.1, 0.15) is 0 Å². The Labute approximate surface area is 351 Å². The lowest BCUT2D eigenvalue weighted by atomic mass is 9.91. The number of para-hydroxylation sites is 2. The number of nitrogens with zero attached hydrogens (tertiary/aromatic N) is 2. The molecule has 0 fully saturated rings. The Morgan fingerprint density at radius 1 is 0.293 bits per heavy atom. The van der Waals surface area contributed by atoms with Gasteiger partial charge in [0.25, 0.3) is 0 Å². The van der Waals surface area contributed by atoms with Crippen LogP contribution in [0.5, 0.6) is 0 Å². The van der Waals surface area contributed by atoms with Crippen molar-refractivity contribution in [2.24, 2.45) is 0 Å². The van der Waals surface area contributed by atoms with Crippen molar-refractivity contribution in [3.8, 4) is 0 Å². The van der Waals surface area contributed by atoms with Crippen LogP contribution in [0.15, 0.2) is 146 Å². The van der Waals surface area contributed by atoms with E-state index in [1.165, 1.54) is 87.2 Å². The van der Waals surface area contributed by atoms with Crippen molar-refractivity contribution in [2.45, 2.75) is 78.6 Å². The van der Waals surface area contributed by atoms with Crippen LogP contribution in [-0.2, 0) is 0 Å². The summed E-state index contributed by atoms with van der Waals surface area (Å²) in [5.74, 6) is 0. The average Bonchev–Trinajstić information content (AvgIpc) is 3.17. The smallest absolute Gasteiger partial charge is 0.0776 e. The molecule has 0 aliphatic rings. The molecule has 2 nitrogen and oxygen atoms in total. The number of anilines is 6. The Morgan fingerprint density at radius 2 is 0.586 bits per heavy atom. The van der Waals surface area contributed by atoms with Gasteiger partial charge in [0.05, 0.1) is 43.7 Å². The molecule has 0 spiro atoms. The minimum absolute atomic E-state index is 1.18. The van der Waals surface area contributed by atoms with Gasteiger partial charge in [-0.05, 0) is 82.2 Å². The van der Waals surface area contributed by atoms with Crippen LogP contribution in [0.2, 0.25) is 78.6 Å². The van der Waals surface area contributed by atoms with Crippen LogP contribution in [0.3, 0.4) is 0 Å². The molecule has 0 heterocycles. The monoisotopic (exact) mass is 824 g/mol. The molecule has 0 saturated carbocycles.